The Morgan fingerprint density at radius 1 is 1.38 bits per heavy atom. The van der Waals surface area contributed by atoms with Crippen molar-refractivity contribution in [3.63, 3.8) is 0 Å². The van der Waals surface area contributed by atoms with Crippen LogP contribution in [0, 0.1) is 0 Å². The summed E-state index contributed by atoms with van der Waals surface area (Å²) in [4.78, 5) is 4.48. The molecule has 0 aliphatic heterocycles. The van der Waals surface area contributed by atoms with E-state index in [2.05, 4.69) is 40.4 Å². The average Bonchev–Trinajstić information content (AvgIpc) is 3.18. The monoisotopic (exact) mass is 287 g/mol. The van der Waals surface area contributed by atoms with Crippen molar-refractivity contribution < 1.29 is 0 Å². The van der Waals surface area contributed by atoms with Crippen LogP contribution >= 0.6 is 0 Å². The van der Waals surface area contributed by atoms with Crippen molar-refractivity contribution in [2.75, 3.05) is 6.54 Å². The van der Waals surface area contributed by atoms with Crippen LogP contribution in [0.25, 0.3) is 0 Å². The number of rotatable bonds is 6. The largest absolute Gasteiger partial charge is 0.340 e. The third-order valence-corrected chi connectivity index (χ3v) is 4.31. The molecule has 1 unspecified atom stereocenters. The molecule has 114 valence electrons. The van der Waals surface area contributed by atoms with Crippen molar-refractivity contribution in [3.8, 4) is 0 Å². The molecule has 2 heterocycles. The number of aryl methyl sites for hydroxylation is 1. The van der Waals surface area contributed by atoms with Crippen molar-refractivity contribution in [2.24, 2.45) is 7.05 Å². The number of imidazole rings is 1. The second-order valence-electron chi connectivity index (χ2n) is 6.00. The zero-order valence-corrected chi connectivity index (χ0v) is 13.0. The molecule has 5 nitrogen and oxygen atoms in total. The SMILES string of the molecule is CCNC(Cc1ccn(C2CCCC2)n1)c1cn(C)cn1. The molecule has 0 bridgehead atoms. The summed E-state index contributed by atoms with van der Waals surface area (Å²) in [5, 5.41) is 8.30. The maximum atomic E-state index is 4.79. The highest BCUT2D eigenvalue weighted by Crippen LogP contribution is 2.29. The summed E-state index contributed by atoms with van der Waals surface area (Å²) < 4.78 is 4.17. The molecule has 3 rings (SSSR count). The Hall–Kier alpha value is -1.62. The van der Waals surface area contributed by atoms with Crippen LogP contribution in [0.5, 0.6) is 0 Å². The molecule has 1 fully saturated rings. The summed E-state index contributed by atoms with van der Waals surface area (Å²) in [6.07, 6.45) is 12.2. The van der Waals surface area contributed by atoms with Gasteiger partial charge in [0.05, 0.1) is 29.8 Å². The van der Waals surface area contributed by atoms with E-state index in [0.29, 0.717) is 6.04 Å². The molecule has 1 atom stereocenters. The van der Waals surface area contributed by atoms with Gasteiger partial charge in [-0.2, -0.15) is 5.10 Å². The Balaban J connectivity index is 1.70. The molecule has 1 N–H and O–H groups in total. The Kier molecular flexibility index (Phi) is 4.39. The predicted octanol–water partition coefficient (Wildman–Crippen LogP) is 2.63. The van der Waals surface area contributed by atoms with Crippen LogP contribution in [0.15, 0.2) is 24.8 Å². The fraction of sp³-hybridized carbons (Fsp3) is 0.625. The van der Waals surface area contributed by atoms with Crippen molar-refractivity contribution >= 4 is 0 Å². The molecule has 0 aromatic carbocycles. The highest BCUT2D eigenvalue weighted by atomic mass is 15.3. The summed E-state index contributed by atoms with van der Waals surface area (Å²) in [6.45, 7) is 3.07. The predicted molar refractivity (Wildman–Crippen MR) is 83.1 cm³/mol. The fourth-order valence-electron chi connectivity index (χ4n) is 3.21. The second-order valence-corrected chi connectivity index (χ2v) is 6.00. The van der Waals surface area contributed by atoms with E-state index in [1.54, 1.807) is 0 Å². The van der Waals surface area contributed by atoms with Crippen LogP contribution in [-0.4, -0.2) is 25.9 Å². The van der Waals surface area contributed by atoms with Gasteiger partial charge >= 0.3 is 0 Å². The molecule has 21 heavy (non-hydrogen) atoms. The van der Waals surface area contributed by atoms with Crippen molar-refractivity contribution in [1.82, 2.24) is 24.6 Å². The first-order valence-electron chi connectivity index (χ1n) is 8.01. The van der Waals surface area contributed by atoms with E-state index < -0.39 is 0 Å². The van der Waals surface area contributed by atoms with Gasteiger partial charge in [0.15, 0.2) is 0 Å². The van der Waals surface area contributed by atoms with Gasteiger partial charge in [-0.3, -0.25) is 4.68 Å². The zero-order valence-electron chi connectivity index (χ0n) is 13.0. The van der Waals surface area contributed by atoms with Crippen LogP contribution in [-0.2, 0) is 13.5 Å². The minimum absolute atomic E-state index is 0.239. The number of aromatic nitrogens is 4. The average molecular weight is 287 g/mol. The zero-order chi connectivity index (χ0) is 14.7. The standard InChI is InChI=1S/C16H25N5/c1-3-17-15(16-11-20(2)12-18-16)10-13-8-9-21(19-13)14-6-4-5-7-14/h8-9,11-12,14-15,17H,3-7,10H2,1-2H3. The third-order valence-electron chi connectivity index (χ3n) is 4.31. The Morgan fingerprint density at radius 3 is 2.86 bits per heavy atom. The maximum Gasteiger partial charge on any atom is 0.0947 e. The van der Waals surface area contributed by atoms with Gasteiger partial charge < -0.3 is 9.88 Å². The van der Waals surface area contributed by atoms with Gasteiger partial charge in [0.25, 0.3) is 0 Å². The molecular weight excluding hydrogens is 262 g/mol. The molecule has 2 aromatic heterocycles. The quantitative estimate of drug-likeness (QED) is 0.888. The van der Waals surface area contributed by atoms with Crippen molar-refractivity contribution in [3.05, 3.63) is 36.2 Å². The molecule has 1 aliphatic rings. The topological polar surface area (TPSA) is 47.7 Å². The van der Waals surface area contributed by atoms with E-state index in [9.17, 15) is 0 Å². The van der Waals surface area contributed by atoms with E-state index in [4.69, 9.17) is 5.10 Å². The number of hydrogen-bond donors (Lipinski definition) is 1. The lowest BCUT2D eigenvalue weighted by molar-refractivity contribution is 0.456. The van der Waals surface area contributed by atoms with E-state index >= 15 is 0 Å². The van der Waals surface area contributed by atoms with Crippen LogP contribution < -0.4 is 5.32 Å². The lowest BCUT2D eigenvalue weighted by Crippen LogP contribution is -2.23. The van der Waals surface area contributed by atoms with Crippen molar-refractivity contribution in [2.45, 2.75) is 51.1 Å². The van der Waals surface area contributed by atoms with Crippen LogP contribution in [0.3, 0.4) is 0 Å². The molecule has 1 aliphatic carbocycles. The molecule has 2 aromatic rings. The van der Waals surface area contributed by atoms with E-state index in [0.717, 1.165) is 24.4 Å². The van der Waals surface area contributed by atoms with Crippen molar-refractivity contribution in [1.29, 1.82) is 0 Å². The smallest absolute Gasteiger partial charge is 0.0947 e. The summed E-state index contributed by atoms with van der Waals surface area (Å²) in [7, 11) is 2.01. The third kappa shape index (κ3) is 3.35. The second kappa shape index (κ2) is 6.43. The number of nitrogens with zero attached hydrogens (tertiary/aromatic N) is 4. The van der Waals surface area contributed by atoms with Gasteiger partial charge in [0.2, 0.25) is 0 Å². The molecule has 5 heteroatoms. The summed E-state index contributed by atoms with van der Waals surface area (Å²) in [6, 6.07) is 3.01. The minimum atomic E-state index is 0.239. The lowest BCUT2D eigenvalue weighted by atomic mass is 10.1. The number of nitrogens with one attached hydrogen (secondary N) is 1. The van der Waals surface area contributed by atoms with Gasteiger partial charge in [-0.25, -0.2) is 4.98 Å². The summed E-state index contributed by atoms with van der Waals surface area (Å²) in [5.74, 6) is 0. The normalized spacial score (nSPS) is 17.4. The first kappa shape index (κ1) is 14.3. The van der Waals surface area contributed by atoms with Gasteiger partial charge in [0.1, 0.15) is 0 Å². The highest BCUT2D eigenvalue weighted by Gasteiger charge is 2.19. The van der Waals surface area contributed by atoms with Crippen LogP contribution in [0.2, 0.25) is 0 Å². The molecule has 1 saturated carbocycles. The fourth-order valence-corrected chi connectivity index (χ4v) is 3.21. The molecule has 0 amide bonds. The van der Waals surface area contributed by atoms with Gasteiger partial charge in [0, 0.05) is 25.9 Å². The maximum absolute atomic E-state index is 4.79. The lowest BCUT2D eigenvalue weighted by Gasteiger charge is -2.14. The molecule has 0 radical (unpaired) electrons. The van der Waals surface area contributed by atoms with Gasteiger partial charge in [-0.05, 0) is 25.5 Å². The Bertz CT molecular complexity index is 565. The highest BCUT2D eigenvalue weighted by molar-refractivity contribution is 5.10. The van der Waals surface area contributed by atoms with E-state index in [1.807, 2.05) is 17.9 Å². The van der Waals surface area contributed by atoms with Gasteiger partial charge in [-0.1, -0.05) is 19.8 Å². The van der Waals surface area contributed by atoms with Crippen LogP contribution in [0.4, 0.5) is 0 Å². The minimum Gasteiger partial charge on any atom is -0.340 e. The van der Waals surface area contributed by atoms with Gasteiger partial charge in [-0.15, -0.1) is 0 Å². The Labute approximate surface area is 126 Å². The molecule has 0 spiro atoms. The first-order chi connectivity index (χ1) is 10.3. The van der Waals surface area contributed by atoms with E-state index in [1.165, 1.54) is 25.7 Å². The molecule has 0 saturated heterocycles. The molecular formula is C16H25N5. The first-order valence-corrected chi connectivity index (χ1v) is 8.01. The summed E-state index contributed by atoms with van der Waals surface area (Å²) >= 11 is 0. The number of likely N-dealkylation sites (N-methyl/N-ethyl adjacent to an activating group) is 1. The van der Waals surface area contributed by atoms with E-state index in [-0.39, 0.29) is 6.04 Å². The summed E-state index contributed by atoms with van der Waals surface area (Å²) in [5.41, 5.74) is 2.24. The number of hydrogen-bond acceptors (Lipinski definition) is 3. The van der Waals surface area contributed by atoms with Crippen LogP contribution in [0.1, 0.15) is 56.1 Å². The Morgan fingerprint density at radius 2 is 2.19 bits per heavy atom.